The fourth-order valence-corrected chi connectivity index (χ4v) is 2.51. The van der Waals surface area contributed by atoms with Gasteiger partial charge in [-0.15, -0.1) is 0 Å². The van der Waals surface area contributed by atoms with E-state index < -0.39 is 0 Å². The Kier molecular flexibility index (Phi) is 3.38. The topological polar surface area (TPSA) is 55.9 Å². The maximum Gasteiger partial charge on any atom is 0.127 e. The molecular formula is C14H20N4O. The van der Waals surface area contributed by atoms with Crippen LogP contribution in [0.1, 0.15) is 42.8 Å². The predicted molar refractivity (Wildman–Crippen MR) is 71.7 cm³/mol. The van der Waals surface area contributed by atoms with Gasteiger partial charge in [-0.3, -0.25) is 0 Å². The molecule has 5 nitrogen and oxygen atoms in total. The zero-order valence-corrected chi connectivity index (χ0v) is 11.5. The number of nitrogens with zero attached hydrogens (tertiary/aromatic N) is 3. The Morgan fingerprint density at radius 2 is 2.32 bits per heavy atom. The Hall–Kier alpha value is -1.62. The number of hydrogen-bond donors (Lipinski definition) is 1. The van der Waals surface area contributed by atoms with Crippen molar-refractivity contribution in [3.8, 4) is 0 Å². The Morgan fingerprint density at radius 1 is 1.47 bits per heavy atom. The van der Waals surface area contributed by atoms with Crippen LogP contribution < -0.4 is 5.32 Å². The minimum Gasteiger partial charge on any atom is -0.348 e. The van der Waals surface area contributed by atoms with E-state index in [4.69, 9.17) is 4.63 Å². The van der Waals surface area contributed by atoms with Crippen molar-refractivity contribution in [3.63, 3.8) is 0 Å². The molecule has 1 unspecified atom stereocenters. The van der Waals surface area contributed by atoms with Gasteiger partial charge in [0.1, 0.15) is 11.4 Å². The quantitative estimate of drug-likeness (QED) is 0.865. The van der Waals surface area contributed by atoms with Crippen LogP contribution in [0, 0.1) is 12.8 Å². The van der Waals surface area contributed by atoms with Gasteiger partial charge in [-0.25, -0.2) is 4.63 Å². The molecule has 102 valence electrons. The maximum absolute atomic E-state index is 4.73. The molecule has 0 bridgehead atoms. The van der Waals surface area contributed by atoms with E-state index in [0.29, 0.717) is 6.04 Å². The molecule has 19 heavy (non-hydrogen) atoms. The highest BCUT2D eigenvalue weighted by atomic mass is 16.6. The smallest absolute Gasteiger partial charge is 0.127 e. The summed E-state index contributed by atoms with van der Waals surface area (Å²) in [5.41, 5.74) is 3.13. The molecule has 1 fully saturated rings. The van der Waals surface area contributed by atoms with E-state index in [-0.39, 0.29) is 0 Å². The second-order valence-electron chi connectivity index (χ2n) is 5.29. The van der Waals surface area contributed by atoms with Crippen molar-refractivity contribution in [1.82, 2.24) is 20.2 Å². The zero-order valence-electron chi connectivity index (χ0n) is 11.5. The summed E-state index contributed by atoms with van der Waals surface area (Å²) in [4.78, 5) is 0. The molecule has 1 N–H and O–H groups in total. The number of aromatic nitrogens is 3. The molecule has 3 rings (SSSR count). The first kappa shape index (κ1) is 12.4. The fraction of sp³-hybridized carbons (Fsp3) is 0.571. The molecule has 1 aliphatic rings. The first-order chi connectivity index (χ1) is 9.28. The number of hydrogen-bond acceptors (Lipinski definition) is 4. The molecular weight excluding hydrogens is 240 g/mol. The van der Waals surface area contributed by atoms with Gasteiger partial charge in [0.05, 0.1) is 6.54 Å². The summed E-state index contributed by atoms with van der Waals surface area (Å²) >= 11 is 0. The van der Waals surface area contributed by atoms with Crippen molar-refractivity contribution in [2.75, 3.05) is 6.54 Å². The second-order valence-corrected chi connectivity index (χ2v) is 5.29. The van der Waals surface area contributed by atoms with Gasteiger partial charge >= 0.3 is 0 Å². The van der Waals surface area contributed by atoms with E-state index in [1.54, 1.807) is 0 Å². The second kappa shape index (κ2) is 5.17. The Morgan fingerprint density at radius 3 is 2.95 bits per heavy atom. The van der Waals surface area contributed by atoms with Crippen molar-refractivity contribution in [1.29, 1.82) is 0 Å². The van der Waals surface area contributed by atoms with E-state index in [2.05, 4.69) is 45.6 Å². The average molecular weight is 260 g/mol. The Bertz CT molecular complexity index is 541. The van der Waals surface area contributed by atoms with Crippen LogP contribution in [0.4, 0.5) is 0 Å². The van der Waals surface area contributed by atoms with Crippen LogP contribution in [0.2, 0.25) is 0 Å². The first-order valence-electron chi connectivity index (χ1n) is 6.95. The van der Waals surface area contributed by atoms with Gasteiger partial charge in [0, 0.05) is 18.4 Å². The highest BCUT2D eigenvalue weighted by molar-refractivity contribution is 5.19. The van der Waals surface area contributed by atoms with Crippen molar-refractivity contribution in [2.45, 2.75) is 39.3 Å². The third-order valence-corrected chi connectivity index (χ3v) is 3.73. The number of rotatable bonds is 6. The van der Waals surface area contributed by atoms with E-state index in [0.717, 1.165) is 30.4 Å². The molecule has 5 heteroatoms. The molecule has 1 atom stereocenters. The van der Waals surface area contributed by atoms with Crippen LogP contribution in [0.3, 0.4) is 0 Å². The van der Waals surface area contributed by atoms with Crippen LogP contribution in [0.25, 0.3) is 0 Å². The summed E-state index contributed by atoms with van der Waals surface area (Å²) in [6.45, 7) is 5.82. The zero-order chi connectivity index (χ0) is 13.2. The highest BCUT2D eigenvalue weighted by Crippen LogP contribution is 2.41. The summed E-state index contributed by atoms with van der Waals surface area (Å²) in [6, 6.07) is 2.71. The molecule has 1 saturated carbocycles. The molecule has 0 radical (unpaired) electrons. The van der Waals surface area contributed by atoms with E-state index in [9.17, 15) is 0 Å². The SMILES string of the molecule is CCNC(c1ccn(Cc2nonc2C)c1)C1CC1. The van der Waals surface area contributed by atoms with Crippen molar-refractivity contribution < 1.29 is 4.63 Å². The molecule has 0 aliphatic heterocycles. The number of aryl methyl sites for hydroxylation is 1. The Balaban J connectivity index is 1.73. The van der Waals surface area contributed by atoms with Crippen molar-refractivity contribution >= 4 is 0 Å². The summed E-state index contributed by atoms with van der Waals surface area (Å²) < 4.78 is 6.88. The third kappa shape index (κ3) is 2.71. The summed E-state index contributed by atoms with van der Waals surface area (Å²) in [5.74, 6) is 0.811. The van der Waals surface area contributed by atoms with Gasteiger partial charge in [0.2, 0.25) is 0 Å². The Labute approximate surface area is 113 Å². The average Bonchev–Trinajstić information content (AvgIpc) is 3.01. The van der Waals surface area contributed by atoms with E-state index >= 15 is 0 Å². The first-order valence-corrected chi connectivity index (χ1v) is 6.95. The van der Waals surface area contributed by atoms with E-state index in [1.165, 1.54) is 18.4 Å². The van der Waals surface area contributed by atoms with Crippen LogP contribution >= 0.6 is 0 Å². The highest BCUT2D eigenvalue weighted by Gasteiger charge is 2.32. The molecule has 0 spiro atoms. The van der Waals surface area contributed by atoms with Gasteiger partial charge in [-0.1, -0.05) is 17.2 Å². The number of nitrogens with one attached hydrogen (secondary N) is 1. The molecule has 1 aliphatic carbocycles. The molecule has 0 aromatic carbocycles. The van der Waals surface area contributed by atoms with Gasteiger partial charge in [-0.2, -0.15) is 0 Å². The summed E-state index contributed by atoms with van der Waals surface area (Å²) in [6.07, 6.45) is 7.00. The van der Waals surface area contributed by atoms with Crippen molar-refractivity contribution in [2.24, 2.45) is 5.92 Å². The minimum absolute atomic E-state index is 0.503. The lowest BCUT2D eigenvalue weighted by Gasteiger charge is -2.15. The van der Waals surface area contributed by atoms with E-state index in [1.807, 2.05) is 6.92 Å². The maximum atomic E-state index is 4.73. The standard InChI is InChI=1S/C14H20N4O/c1-3-15-14(11-4-5-11)12-6-7-18(8-12)9-13-10(2)16-19-17-13/h6-8,11,14-15H,3-5,9H2,1-2H3. The van der Waals surface area contributed by atoms with Crippen LogP contribution in [-0.4, -0.2) is 21.4 Å². The van der Waals surface area contributed by atoms with Crippen molar-refractivity contribution in [3.05, 3.63) is 35.4 Å². The van der Waals surface area contributed by atoms with Crippen LogP contribution in [-0.2, 0) is 6.54 Å². The normalized spacial score (nSPS) is 16.7. The van der Waals surface area contributed by atoms with Gasteiger partial charge < -0.3 is 9.88 Å². The van der Waals surface area contributed by atoms with Crippen LogP contribution in [0.5, 0.6) is 0 Å². The lowest BCUT2D eigenvalue weighted by Crippen LogP contribution is -2.22. The molecule has 2 heterocycles. The summed E-state index contributed by atoms with van der Waals surface area (Å²) in [5, 5.41) is 11.3. The molecule has 0 amide bonds. The lowest BCUT2D eigenvalue weighted by atomic mass is 10.1. The molecule has 2 aromatic rings. The lowest BCUT2D eigenvalue weighted by molar-refractivity contribution is 0.300. The van der Waals surface area contributed by atoms with Gasteiger partial charge in [0.25, 0.3) is 0 Å². The van der Waals surface area contributed by atoms with Gasteiger partial charge in [0.15, 0.2) is 0 Å². The monoisotopic (exact) mass is 260 g/mol. The summed E-state index contributed by atoms with van der Waals surface area (Å²) in [7, 11) is 0. The fourth-order valence-electron chi connectivity index (χ4n) is 2.51. The third-order valence-electron chi connectivity index (χ3n) is 3.73. The minimum atomic E-state index is 0.503. The predicted octanol–water partition coefficient (Wildman–Crippen LogP) is 2.29. The van der Waals surface area contributed by atoms with Crippen LogP contribution in [0.15, 0.2) is 23.1 Å². The largest absolute Gasteiger partial charge is 0.348 e. The molecule has 2 aromatic heterocycles. The van der Waals surface area contributed by atoms with Gasteiger partial charge in [-0.05, 0) is 43.9 Å². The molecule has 0 saturated heterocycles.